The van der Waals surface area contributed by atoms with Gasteiger partial charge in [-0.2, -0.15) is 0 Å². The van der Waals surface area contributed by atoms with Crippen LogP contribution in [0.25, 0.3) is 0 Å². The molecule has 3 rings (SSSR count). The molecule has 186 valence electrons. The van der Waals surface area contributed by atoms with Crippen molar-refractivity contribution < 1.29 is 14.4 Å². The molecular weight excluding hydrogens is 432 g/mol. The summed E-state index contributed by atoms with van der Waals surface area (Å²) in [5, 5.41) is 5.82. The Balaban J connectivity index is 1.33. The van der Waals surface area contributed by atoms with Crippen LogP contribution in [0.5, 0.6) is 0 Å². The van der Waals surface area contributed by atoms with Crippen molar-refractivity contribution in [1.29, 1.82) is 0 Å². The smallest absolute Gasteiger partial charge is 0.238 e. The van der Waals surface area contributed by atoms with Gasteiger partial charge < -0.3 is 15.5 Å². The Bertz CT molecular complexity index is 845. The number of nitrogens with one attached hydrogen (secondary N) is 2. The molecule has 0 atom stereocenters. The molecule has 0 saturated carbocycles. The van der Waals surface area contributed by atoms with Crippen LogP contribution in [-0.2, 0) is 20.8 Å². The number of benzene rings is 1. The van der Waals surface area contributed by atoms with E-state index < -0.39 is 0 Å². The Hall–Kier alpha value is -2.75. The van der Waals surface area contributed by atoms with Crippen LogP contribution in [0.4, 0.5) is 5.69 Å². The Labute approximate surface area is 202 Å². The molecule has 2 aliphatic rings. The van der Waals surface area contributed by atoms with Crippen LogP contribution >= 0.6 is 0 Å². The average molecular weight is 471 g/mol. The number of rotatable bonds is 10. The van der Waals surface area contributed by atoms with Gasteiger partial charge in [0, 0.05) is 64.6 Å². The fraction of sp³-hybridized carbons (Fsp3) is 0.560. The number of aryl methyl sites for hydroxylation is 1. The van der Waals surface area contributed by atoms with Crippen molar-refractivity contribution in [3.8, 4) is 0 Å². The first kappa shape index (κ1) is 25.9. The molecule has 34 heavy (non-hydrogen) atoms. The highest BCUT2D eigenvalue weighted by atomic mass is 16.2. The van der Waals surface area contributed by atoms with Gasteiger partial charge in [-0.15, -0.1) is 6.58 Å². The second kappa shape index (κ2) is 13.2. The lowest BCUT2D eigenvalue weighted by molar-refractivity contribution is -0.135. The van der Waals surface area contributed by atoms with E-state index in [9.17, 15) is 14.4 Å². The molecule has 2 fully saturated rings. The van der Waals surface area contributed by atoms with E-state index in [1.807, 2.05) is 29.2 Å². The number of amides is 3. The molecule has 0 aromatic heterocycles. The molecule has 0 radical (unpaired) electrons. The van der Waals surface area contributed by atoms with Gasteiger partial charge >= 0.3 is 0 Å². The summed E-state index contributed by atoms with van der Waals surface area (Å²) in [7, 11) is 0. The lowest BCUT2D eigenvalue weighted by Gasteiger charge is -2.37. The van der Waals surface area contributed by atoms with Gasteiger partial charge in [-0.1, -0.05) is 31.2 Å². The normalized spacial score (nSPS) is 17.9. The Kier molecular flexibility index (Phi) is 10.1. The maximum absolute atomic E-state index is 12.8. The highest BCUT2D eigenvalue weighted by molar-refractivity contribution is 5.93. The van der Waals surface area contributed by atoms with Gasteiger partial charge in [-0.25, -0.2) is 0 Å². The Morgan fingerprint density at radius 2 is 1.41 bits per heavy atom. The third-order valence-corrected chi connectivity index (χ3v) is 6.40. The zero-order valence-electron chi connectivity index (χ0n) is 20.3. The molecule has 9 heteroatoms. The predicted molar refractivity (Wildman–Crippen MR) is 134 cm³/mol. The predicted octanol–water partition coefficient (Wildman–Crippen LogP) is 0.252. The summed E-state index contributed by atoms with van der Waals surface area (Å²) in [4.78, 5) is 45.4. The van der Waals surface area contributed by atoms with Crippen molar-refractivity contribution in [2.75, 3.05) is 83.9 Å². The first-order valence-electron chi connectivity index (χ1n) is 12.2. The number of anilines is 1. The number of carbonyl (C=O) groups excluding carboxylic acids is 3. The number of nitrogens with zero attached hydrogens (tertiary/aromatic N) is 4. The SMILES string of the molecule is C=CCNC(=O)CN1CCN(CC(=O)N2CCN(CC(=O)Nc3ccccc3CC)CC2)CC1. The van der Waals surface area contributed by atoms with Crippen LogP contribution in [0.2, 0.25) is 0 Å². The molecule has 0 aliphatic carbocycles. The second-order valence-corrected chi connectivity index (χ2v) is 8.86. The van der Waals surface area contributed by atoms with Crippen molar-refractivity contribution in [2.24, 2.45) is 0 Å². The second-order valence-electron chi connectivity index (χ2n) is 8.86. The van der Waals surface area contributed by atoms with E-state index in [-0.39, 0.29) is 17.7 Å². The van der Waals surface area contributed by atoms with Crippen molar-refractivity contribution >= 4 is 23.4 Å². The van der Waals surface area contributed by atoms with Gasteiger partial charge in [-0.05, 0) is 18.1 Å². The molecule has 0 bridgehead atoms. The lowest BCUT2D eigenvalue weighted by Crippen LogP contribution is -2.55. The molecule has 2 saturated heterocycles. The largest absolute Gasteiger partial charge is 0.352 e. The van der Waals surface area contributed by atoms with Crippen LogP contribution in [0, 0.1) is 0 Å². The summed E-state index contributed by atoms with van der Waals surface area (Å²) in [5.41, 5.74) is 2.00. The van der Waals surface area contributed by atoms with E-state index in [1.165, 1.54) is 0 Å². The quantitative estimate of drug-likeness (QED) is 0.477. The van der Waals surface area contributed by atoms with Gasteiger partial charge in [0.15, 0.2) is 0 Å². The summed E-state index contributed by atoms with van der Waals surface area (Å²) in [6.45, 7) is 13.1. The molecule has 9 nitrogen and oxygen atoms in total. The summed E-state index contributed by atoms with van der Waals surface area (Å²) < 4.78 is 0. The maximum Gasteiger partial charge on any atom is 0.238 e. The first-order chi connectivity index (χ1) is 16.5. The standard InChI is InChI=1S/C25H38N6O3/c1-3-9-26-23(32)18-28-10-12-30(13-11-28)20-25(34)31-16-14-29(15-17-31)19-24(33)27-22-8-6-5-7-21(22)4-2/h3,5-8H,1,4,9-20H2,2H3,(H,26,32)(H,27,33). The van der Waals surface area contributed by atoms with Crippen LogP contribution in [-0.4, -0.2) is 116 Å². The number of para-hydroxylation sites is 1. The van der Waals surface area contributed by atoms with Crippen LogP contribution in [0.1, 0.15) is 12.5 Å². The molecular formula is C25H38N6O3. The molecule has 1 aromatic rings. The fourth-order valence-corrected chi connectivity index (χ4v) is 4.34. The number of carbonyl (C=O) groups is 3. The number of piperazine rings is 2. The van der Waals surface area contributed by atoms with Gasteiger partial charge in [0.2, 0.25) is 17.7 Å². The first-order valence-corrected chi connectivity index (χ1v) is 12.2. The summed E-state index contributed by atoms with van der Waals surface area (Å²) >= 11 is 0. The van der Waals surface area contributed by atoms with Gasteiger partial charge in [0.1, 0.15) is 0 Å². The maximum atomic E-state index is 12.8. The van der Waals surface area contributed by atoms with Gasteiger partial charge in [0.25, 0.3) is 0 Å². The third kappa shape index (κ3) is 7.93. The van der Waals surface area contributed by atoms with E-state index in [0.717, 1.165) is 43.9 Å². The minimum Gasteiger partial charge on any atom is -0.352 e. The zero-order valence-corrected chi connectivity index (χ0v) is 20.3. The number of hydrogen-bond acceptors (Lipinski definition) is 6. The van der Waals surface area contributed by atoms with E-state index in [2.05, 4.69) is 38.8 Å². The van der Waals surface area contributed by atoms with Crippen LogP contribution in [0.15, 0.2) is 36.9 Å². The molecule has 2 aliphatic heterocycles. The van der Waals surface area contributed by atoms with Crippen LogP contribution < -0.4 is 10.6 Å². The third-order valence-electron chi connectivity index (χ3n) is 6.40. The van der Waals surface area contributed by atoms with E-state index in [1.54, 1.807) is 6.08 Å². The van der Waals surface area contributed by atoms with Gasteiger partial charge in [-0.3, -0.25) is 29.1 Å². The van der Waals surface area contributed by atoms with E-state index in [0.29, 0.717) is 52.4 Å². The fourth-order valence-electron chi connectivity index (χ4n) is 4.34. The molecule has 2 heterocycles. The summed E-state index contributed by atoms with van der Waals surface area (Å²) in [6.07, 6.45) is 2.54. The average Bonchev–Trinajstić information content (AvgIpc) is 2.84. The Morgan fingerprint density at radius 1 is 0.853 bits per heavy atom. The summed E-state index contributed by atoms with van der Waals surface area (Å²) in [6, 6.07) is 7.88. The molecule has 0 spiro atoms. The summed E-state index contributed by atoms with van der Waals surface area (Å²) in [5.74, 6) is 0.125. The highest BCUT2D eigenvalue weighted by Crippen LogP contribution is 2.15. The number of hydrogen-bond donors (Lipinski definition) is 2. The molecule has 0 unspecified atom stereocenters. The minimum absolute atomic E-state index is 0.00514. The van der Waals surface area contributed by atoms with Crippen LogP contribution in [0.3, 0.4) is 0 Å². The highest BCUT2D eigenvalue weighted by Gasteiger charge is 2.26. The lowest BCUT2D eigenvalue weighted by atomic mass is 10.1. The van der Waals surface area contributed by atoms with Crippen molar-refractivity contribution in [3.05, 3.63) is 42.5 Å². The zero-order chi connectivity index (χ0) is 24.3. The van der Waals surface area contributed by atoms with Crippen molar-refractivity contribution in [3.63, 3.8) is 0 Å². The monoisotopic (exact) mass is 470 g/mol. The van der Waals surface area contributed by atoms with E-state index in [4.69, 9.17) is 0 Å². The molecule has 3 amide bonds. The Morgan fingerprint density at radius 3 is 2.03 bits per heavy atom. The topological polar surface area (TPSA) is 88.2 Å². The molecule has 2 N–H and O–H groups in total. The van der Waals surface area contributed by atoms with E-state index >= 15 is 0 Å². The van der Waals surface area contributed by atoms with Crippen molar-refractivity contribution in [2.45, 2.75) is 13.3 Å². The van der Waals surface area contributed by atoms with Gasteiger partial charge in [0.05, 0.1) is 19.6 Å². The molecule has 1 aromatic carbocycles. The van der Waals surface area contributed by atoms with Crippen molar-refractivity contribution in [1.82, 2.24) is 24.9 Å². The minimum atomic E-state index is -0.0169.